The van der Waals surface area contributed by atoms with Crippen molar-refractivity contribution in [2.24, 2.45) is 17.5 Å². The number of piperidine rings is 1. The van der Waals surface area contributed by atoms with E-state index in [1.54, 1.807) is 11.3 Å². The van der Waals surface area contributed by atoms with Gasteiger partial charge in [-0.2, -0.15) is 0 Å². The Labute approximate surface area is 110 Å². The van der Waals surface area contributed by atoms with Crippen LogP contribution in [-0.4, -0.2) is 28.9 Å². The van der Waals surface area contributed by atoms with Crippen LogP contribution >= 0.6 is 11.3 Å². The highest BCUT2D eigenvalue weighted by atomic mass is 32.1. The van der Waals surface area contributed by atoms with Crippen molar-refractivity contribution in [2.75, 3.05) is 18.5 Å². The summed E-state index contributed by atoms with van der Waals surface area (Å²) >= 11 is 1.57. The van der Waals surface area contributed by atoms with Crippen LogP contribution < -0.4 is 17.0 Å². The average molecular weight is 269 g/mol. The summed E-state index contributed by atoms with van der Waals surface area (Å²) in [6.07, 6.45) is 4.47. The molecular weight excluding hydrogens is 250 g/mol. The normalized spacial score (nSPS) is 17.8. The third-order valence-electron chi connectivity index (χ3n) is 3.25. The summed E-state index contributed by atoms with van der Waals surface area (Å²) in [7, 11) is 0. The van der Waals surface area contributed by atoms with Gasteiger partial charge in [-0.25, -0.2) is 10.8 Å². The number of nitrogens with two attached hydrogens (primary N) is 2. The van der Waals surface area contributed by atoms with Crippen LogP contribution in [0.15, 0.2) is 6.20 Å². The van der Waals surface area contributed by atoms with Crippen molar-refractivity contribution in [3.8, 4) is 0 Å². The van der Waals surface area contributed by atoms with Gasteiger partial charge in [0.1, 0.15) is 0 Å². The summed E-state index contributed by atoms with van der Waals surface area (Å²) < 4.78 is 0. The minimum absolute atomic E-state index is 0.186. The van der Waals surface area contributed by atoms with Crippen LogP contribution in [0, 0.1) is 5.92 Å². The summed E-state index contributed by atoms with van der Waals surface area (Å²) in [6, 6.07) is 0. The lowest BCUT2D eigenvalue weighted by atomic mass is 9.93. The van der Waals surface area contributed by atoms with Gasteiger partial charge in [0.2, 0.25) is 5.91 Å². The van der Waals surface area contributed by atoms with E-state index in [0.29, 0.717) is 12.3 Å². The van der Waals surface area contributed by atoms with Gasteiger partial charge < -0.3 is 5.73 Å². The molecule has 0 aromatic carbocycles. The molecule has 100 valence electrons. The monoisotopic (exact) mass is 269 g/mol. The van der Waals surface area contributed by atoms with Crippen LogP contribution in [0.2, 0.25) is 0 Å². The Morgan fingerprint density at radius 3 is 2.83 bits per heavy atom. The Hall–Kier alpha value is -1.18. The van der Waals surface area contributed by atoms with Gasteiger partial charge in [-0.15, -0.1) is 0 Å². The van der Waals surface area contributed by atoms with Crippen molar-refractivity contribution < 1.29 is 4.79 Å². The Morgan fingerprint density at radius 2 is 2.28 bits per heavy atom. The molecule has 1 saturated heterocycles. The Bertz CT molecular complexity index is 400. The molecule has 0 aliphatic carbocycles. The van der Waals surface area contributed by atoms with E-state index < -0.39 is 0 Å². The summed E-state index contributed by atoms with van der Waals surface area (Å²) in [5, 5.41) is 0.744. The molecule has 0 radical (unpaired) electrons. The Balaban J connectivity index is 1.78. The quantitative estimate of drug-likeness (QED) is 0.535. The van der Waals surface area contributed by atoms with E-state index in [0.717, 1.165) is 37.6 Å². The third-order valence-corrected chi connectivity index (χ3v) is 4.17. The lowest BCUT2D eigenvalue weighted by Gasteiger charge is -2.30. The van der Waals surface area contributed by atoms with Crippen LogP contribution in [0.25, 0.3) is 0 Å². The number of anilines is 1. The van der Waals surface area contributed by atoms with E-state index in [-0.39, 0.29) is 5.91 Å². The topological polar surface area (TPSA) is 97.3 Å². The zero-order valence-corrected chi connectivity index (χ0v) is 11.1. The van der Waals surface area contributed by atoms with Crippen LogP contribution in [0.4, 0.5) is 5.13 Å². The lowest BCUT2D eigenvalue weighted by Crippen LogP contribution is -2.34. The van der Waals surface area contributed by atoms with Gasteiger partial charge >= 0.3 is 0 Å². The molecule has 1 fully saturated rings. The second kappa shape index (κ2) is 6.12. The molecule has 0 saturated carbocycles. The smallest absolute Gasteiger partial charge is 0.217 e. The maximum absolute atomic E-state index is 10.9. The average Bonchev–Trinajstić information content (AvgIpc) is 2.79. The minimum atomic E-state index is -0.186. The maximum Gasteiger partial charge on any atom is 0.217 e. The molecule has 2 rings (SSSR count). The van der Waals surface area contributed by atoms with E-state index in [1.807, 2.05) is 6.20 Å². The van der Waals surface area contributed by atoms with Crippen LogP contribution in [0.1, 0.15) is 24.1 Å². The number of likely N-dealkylation sites (tertiary alicyclic amines) is 1. The number of amides is 1. The molecule has 7 heteroatoms. The molecule has 0 spiro atoms. The van der Waals surface area contributed by atoms with Gasteiger partial charge in [0.05, 0.1) is 0 Å². The predicted octanol–water partition coefficient (Wildman–Crippen LogP) is 0.516. The van der Waals surface area contributed by atoms with Gasteiger partial charge in [-0.3, -0.25) is 15.1 Å². The van der Waals surface area contributed by atoms with E-state index in [4.69, 9.17) is 11.6 Å². The number of carbonyl (C=O) groups is 1. The molecule has 0 bridgehead atoms. The molecule has 1 aliphatic heterocycles. The molecule has 5 N–H and O–H groups in total. The number of nitrogen functional groups attached to an aromatic ring is 1. The molecule has 0 atom stereocenters. The first kappa shape index (κ1) is 13.3. The number of hydrogen-bond donors (Lipinski definition) is 3. The first-order valence-corrected chi connectivity index (χ1v) is 6.91. The second-order valence-electron chi connectivity index (χ2n) is 4.67. The summed E-state index contributed by atoms with van der Waals surface area (Å²) in [5.74, 6) is 5.58. The molecule has 0 unspecified atom stereocenters. The molecule has 18 heavy (non-hydrogen) atoms. The predicted molar refractivity (Wildman–Crippen MR) is 71.7 cm³/mol. The van der Waals surface area contributed by atoms with Crippen molar-refractivity contribution >= 4 is 22.4 Å². The van der Waals surface area contributed by atoms with Crippen molar-refractivity contribution in [1.29, 1.82) is 0 Å². The molecule has 1 aromatic heterocycles. The zero-order chi connectivity index (χ0) is 13.0. The molecular formula is C11H19N5OS. The standard InChI is InChI=1S/C11H19N5OS/c12-10(17)5-8-1-3-16(4-2-8)7-9-6-14-11(15-13)18-9/h6,8H,1-5,7,13H2,(H2,12,17)(H,14,15). The van der Waals surface area contributed by atoms with Gasteiger partial charge in [0.15, 0.2) is 5.13 Å². The van der Waals surface area contributed by atoms with E-state index >= 15 is 0 Å². The number of nitrogens with zero attached hydrogens (tertiary/aromatic N) is 2. The molecule has 1 aromatic rings. The fourth-order valence-corrected chi connectivity index (χ4v) is 3.07. The fraction of sp³-hybridized carbons (Fsp3) is 0.636. The lowest BCUT2D eigenvalue weighted by molar-refractivity contribution is -0.119. The van der Waals surface area contributed by atoms with Gasteiger partial charge in [-0.05, 0) is 31.8 Å². The van der Waals surface area contributed by atoms with Crippen molar-refractivity contribution in [3.63, 3.8) is 0 Å². The number of thiazole rings is 1. The SMILES string of the molecule is NNc1ncc(CN2CCC(CC(N)=O)CC2)s1. The minimum Gasteiger partial charge on any atom is -0.370 e. The molecule has 1 aliphatic rings. The van der Waals surface area contributed by atoms with Gasteiger partial charge in [0, 0.05) is 24.0 Å². The van der Waals surface area contributed by atoms with E-state index in [9.17, 15) is 4.79 Å². The number of aromatic nitrogens is 1. The first-order chi connectivity index (χ1) is 8.67. The highest BCUT2D eigenvalue weighted by Crippen LogP contribution is 2.24. The highest BCUT2D eigenvalue weighted by Gasteiger charge is 2.21. The number of nitrogens with one attached hydrogen (secondary N) is 1. The van der Waals surface area contributed by atoms with Crippen LogP contribution in [0.3, 0.4) is 0 Å². The van der Waals surface area contributed by atoms with Crippen molar-refractivity contribution in [1.82, 2.24) is 9.88 Å². The number of hydrogen-bond acceptors (Lipinski definition) is 6. The number of rotatable bonds is 5. The molecule has 1 amide bonds. The summed E-state index contributed by atoms with van der Waals surface area (Å²) in [6.45, 7) is 2.94. The Morgan fingerprint density at radius 1 is 1.56 bits per heavy atom. The van der Waals surface area contributed by atoms with Crippen LogP contribution in [0.5, 0.6) is 0 Å². The van der Waals surface area contributed by atoms with Gasteiger partial charge in [0.25, 0.3) is 0 Å². The largest absolute Gasteiger partial charge is 0.370 e. The van der Waals surface area contributed by atoms with Crippen LogP contribution in [-0.2, 0) is 11.3 Å². The summed E-state index contributed by atoms with van der Waals surface area (Å²) in [4.78, 5) is 18.6. The second-order valence-corrected chi connectivity index (χ2v) is 5.78. The van der Waals surface area contributed by atoms with E-state index in [2.05, 4.69) is 15.3 Å². The molecule has 2 heterocycles. The number of hydrazine groups is 1. The third kappa shape index (κ3) is 3.66. The maximum atomic E-state index is 10.9. The zero-order valence-electron chi connectivity index (χ0n) is 10.3. The highest BCUT2D eigenvalue weighted by molar-refractivity contribution is 7.15. The number of carbonyl (C=O) groups excluding carboxylic acids is 1. The summed E-state index contributed by atoms with van der Waals surface area (Å²) in [5.41, 5.74) is 7.77. The first-order valence-electron chi connectivity index (χ1n) is 6.09. The van der Waals surface area contributed by atoms with Crippen molar-refractivity contribution in [2.45, 2.75) is 25.8 Å². The number of primary amides is 1. The fourth-order valence-electron chi connectivity index (χ4n) is 2.30. The van der Waals surface area contributed by atoms with Crippen molar-refractivity contribution in [3.05, 3.63) is 11.1 Å². The molecule has 6 nitrogen and oxygen atoms in total. The Kier molecular flexibility index (Phi) is 4.51. The van der Waals surface area contributed by atoms with E-state index in [1.165, 1.54) is 4.88 Å². The van der Waals surface area contributed by atoms with Gasteiger partial charge in [-0.1, -0.05) is 11.3 Å².